The Balaban J connectivity index is 2.17. The maximum atomic E-state index is 5.66. The molecule has 78 valence electrons. The minimum absolute atomic E-state index is 0.390. The second kappa shape index (κ2) is 5.58. The molecule has 1 aliphatic heterocycles. The number of hydrogen-bond donors (Lipinski definition) is 1. The molecule has 2 atom stereocenters. The number of rotatable bonds is 4. The van der Waals surface area contributed by atoms with E-state index in [-0.39, 0.29) is 0 Å². The van der Waals surface area contributed by atoms with Crippen LogP contribution in [-0.2, 0) is 4.74 Å². The van der Waals surface area contributed by atoms with Gasteiger partial charge in [0.2, 0.25) is 0 Å². The third-order valence-electron chi connectivity index (χ3n) is 2.42. The van der Waals surface area contributed by atoms with Gasteiger partial charge in [-0.25, -0.2) is 0 Å². The van der Waals surface area contributed by atoms with Crippen molar-refractivity contribution in [2.75, 3.05) is 26.2 Å². The van der Waals surface area contributed by atoms with E-state index in [1.54, 1.807) is 0 Å². The van der Waals surface area contributed by atoms with Crippen LogP contribution in [0.3, 0.4) is 0 Å². The van der Waals surface area contributed by atoms with E-state index in [1.807, 2.05) is 0 Å². The van der Waals surface area contributed by atoms with Crippen molar-refractivity contribution in [1.29, 1.82) is 0 Å². The van der Waals surface area contributed by atoms with E-state index in [0.29, 0.717) is 12.2 Å². The first-order valence-electron chi connectivity index (χ1n) is 5.30. The fraction of sp³-hybridized carbons (Fsp3) is 1.00. The van der Waals surface area contributed by atoms with E-state index in [9.17, 15) is 0 Å². The van der Waals surface area contributed by atoms with E-state index in [1.165, 1.54) is 13.0 Å². The molecule has 0 aliphatic carbocycles. The Labute approximate surface area is 81.2 Å². The van der Waals surface area contributed by atoms with Gasteiger partial charge in [-0.15, -0.1) is 0 Å². The number of hydrogen-bond acceptors (Lipinski definition) is 3. The molecular weight excluding hydrogens is 164 g/mol. The molecule has 0 bridgehead atoms. The second-order valence-corrected chi connectivity index (χ2v) is 4.01. The molecule has 3 nitrogen and oxygen atoms in total. The molecule has 2 N–H and O–H groups in total. The minimum Gasteiger partial charge on any atom is -0.373 e. The first-order valence-corrected chi connectivity index (χ1v) is 5.30. The average Bonchev–Trinajstić information content (AvgIpc) is 2.03. The van der Waals surface area contributed by atoms with Crippen LogP contribution in [0.15, 0.2) is 0 Å². The third kappa shape index (κ3) is 4.07. The molecule has 3 heteroatoms. The highest BCUT2D eigenvalue weighted by molar-refractivity contribution is 4.72. The smallest absolute Gasteiger partial charge is 0.0678 e. The topological polar surface area (TPSA) is 38.5 Å². The van der Waals surface area contributed by atoms with Crippen molar-refractivity contribution in [2.24, 2.45) is 5.73 Å². The zero-order valence-corrected chi connectivity index (χ0v) is 8.83. The molecule has 1 aliphatic rings. The number of nitrogens with zero attached hydrogens (tertiary/aromatic N) is 1. The average molecular weight is 186 g/mol. The first kappa shape index (κ1) is 11.0. The molecule has 0 aromatic carbocycles. The monoisotopic (exact) mass is 186 g/mol. The summed E-state index contributed by atoms with van der Waals surface area (Å²) in [5, 5.41) is 0. The van der Waals surface area contributed by atoms with Gasteiger partial charge in [-0.05, 0) is 39.8 Å². The number of morpholine rings is 1. The van der Waals surface area contributed by atoms with Crippen molar-refractivity contribution in [1.82, 2.24) is 4.90 Å². The van der Waals surface area contributed by atoms with Crippen LogP contribution in [-0.4, -0.2) is 43.3 Å². The van der Waals surface area contributed by atoms with Gasteiger partial charge >= 0.3 is 0 Å². The highest BCUT2D eigenvalue weighted by atomic mass is 16.5. The van der Waals surface area contributed by atoms with E-state index in [0.717, 1.165) is 26.1 Å². The molecular formula is C10H22N2O. The minimum atomic E-state index is 0.390. The summed E-state index contributed by atoms with van der Waals surface area (Å²) in [6.45, 7) is 8.44. The molecule has 13 heavy (non-hydrogen) atoms. The van der Waals surface area contributed by atoms with E-state index in [4.69, 9.17) is 10.5 Å². The molecule has 0 aromatic heterocycles. The Bertz CT molecular complexity index is 131. The molecule has 1 rings (SSSR count). The molecule has 1 fully saturated rings. The largest absolute Gasteiger partial charge is 0.373 e. The lowest BCUT2D eigenvalue weighted by Crippen LogP contribution is -2.45. The van der Waals surface area contributed by atoms with E-state index < -0.39 is 0 Å². The quantitative estimate of drug-likeness (QED) is 0.661. The van der Waals surface area contributed by atoms with E-state index in [2.05, 4.69) is 18.7 Å². The molecule has 0 amide bonds. The first-order chi connectivity index (χ1) is 6.22. The summed E-state index contributed by atoms with van der Waals surface area (Å²) in [6.07, 6.45) is 3.14. The molecule has 1 heterocycles. The summed E-state index contributed by atoms with van der Waals surface area (Å²) in [7, 11) is 0. The van der Waals surface area contributed by atoms with E-state index >= 15 is 0 Å². The summed E-state index contributed by atoms with van der Waals surface area (Å²) in [5.41, 5.74) is 5.46. The maximum Gasteiger partial charge on any atom is 0.0678 e. The lowest BCUT2D eigenvalue weighted by atomic mass is 10.2. The van der Waals surface area contributed by atoms with Crippen LogP contribution < -0.4 is 5.73 Å². The maximum absolute atomic E-state index is 5.66. The van der Waals surface area contributed by atoms with Crippen LogP contribution in [0.1, 0.15) is 26.7 Å². The molecule has 0 aromatic rings. The van der Waals surface area contributed by atoms with Crippen LogP contribution in [0, 0.1) is 0 Å². The summed E-state index contributed by atoms with van der Waals surface area (Å²) in [5.74, 6) is 0. The van der Waals surface area contributed by atoms with Crippen molar-refractivity contribution in [3.63, 3.8) is 0 Å². The molecule has 0 radical (unpaired) electrons. The Morgan fingerprint density at radius 1 is 1.23 bits per heavy atom. The number of nitrogens with two attached hydrogens (primary N) is 1. The SMILES string of the molecule is C[C@H]1CN(CCCCN)C[C@H](C)O1. The van der Waals surface area contributed by atoms with Crippen molar-refractivity contribution >= 4 is 0 Å². The Hall–Kier alpha value is -0.120. The highest BCUT2D eigenvalue weighted by Gasteiger charge is 2.21. The van der Waals surface area contributed by atoms with Gasteiger partial charge in [-0.2, -0.15) is 0 Å². The van der Waals surface area contributed by atoms with Gasteiger partial charge in [0, 0.05) is 13.1 Å². The molecule has 1 saturated heterocycles. The highest BCUT2D eigenvalue weighted by Crippen LogP contribution is 2.10. The van der Waals surface area contributed by atoms with Gasteiger partial charge in [-0.1, -0.05) is 0 Å². The molecule has 0 spiro atoms. The van der Waals surface area contributed by atoms with Crippen LogP contribution in [0.25, 0.3) is 0 Å². The lowest BCUT2D eigenvalue weighted by molar-refractivity contribution is -0.0681. The molecule has 0 unspecified atom stereocenters. The van der Waals surface area contributed by atoms with Gasteiger partial charge in [0.1, 0.15) is 0 Å². The fourth-order valence-corrected chi connectivity index (χ4v) is 1.95. The summed E-state index contributed by atoms with van der Waals surface area (Å²) in [6, 6.07) is 0. The van der Waals surface area contributed by atoms with Crippen molar-refractivity contribution in [3.8, 4) is 0 Å². The van der Waals surface area contributed by atoms with Gasteiger partial charge in [0.15, 0.2) is 0 Å². The van der Waals surface area contributed by atoms with Crippen LogP contribution >= 0.6 is 0 Å². The zero-order chi connectivity index (χ0) is 9.68. The van der Waals surface area contributed by atoms with Gasteiger partial charge < -0.3 is 10.5 Å². The van der Waals surface area contributed by atoms with Crippen molar-refractivity contribution in [3.05, 3.63) is 0 Å². The third-order valence-corrected chi connectivity index (χ3v) is 2.42. The van der Waals surface area contributed by atoms with Crippen LogP contribution in [0.2, 0.25) is 0 Å². The van der Waals surface area contributed by atoms with Gasteiger partial charge in [-0.3, -0.25) is 4.90 Å². The predicted octanol–water partition coefficient (Wildman–Crippen LogP) is 0.834. The summed E-state index contributed by atoms with van der Waals surface area (Å²) >= 11 is 0. The second-order valence-electron chi connectivity index (χ2n) is 4.01. The zero-order valence-electron chi connectivity index (χ0n) is 8.83. The van der Waals surface area contributed by atoms with Gasteiger partial charge in [0.05, 0.1) is 12.2 Å². The van der Waals surface area contributed by atoms with Gasteiger partial charge in [0.25, 0.3) is 0 Å². The van der Waals surface area contributed by atoms with Crippen molar-refractivity contribution < 1.29 is 4.74 Å². The van der Waals surface area contributed by atoms with Crippen molar-refractivity contribution in [2.45, 2.75) is 38.9 Å². The number of unbranched alkanes of at least 4 members (excludes halogenated alkanes) is 1. The van der Waals surface area contributed by atoms with Crippen LogP contribution in [0.5, 0.6) is 0 Å². The summed E-state index contributed by atoms with van der Waals surface area (Å²) < 4.78 is 5.66. The summed E-state index contributed by atoms with van der Waals surface area (Å²) in [4.78, 5) is 2.48. The van der Waals surface area contributed by atoms with Crippen LogP contribution in [0.4, 0.5) is 0 Å². The number of ether oxygens (including phenoxy) is 1. The fourth-order valence-electron chi connectivity index (χ4n) is 1.95. The lowest BCUT2D eigenvalue weighted by Gasteiger charge is -2.35. The Morgan fingerprint density at radius 3 is 2.38 bits per heavy atom. The normalized spacial score (nSPS) is 30.7. The Morgan fingerprint density at radius 2 is 1.85 bits per heavy atom. The predicted molar refractivity (Wildman–Crippen MR) is 54.7 cm³/mol. The Kier molecular flexibility index (Phi) is 4.70. The standard InChI is InChI=1S/C10H22N2O/c1-9-7-12(6-4-3-5-11)8-10(2)13-9/h9-10H,3-8,11H2,1-2H3/t9-,10-/m0/s1. The molecule has 0 saturated carbocycles.